The van der Waals surface area contributed by atoms with E-state index >= 15 is 0 Å². The van der Waals surface area contributed by atoms with Gasteiger partial charge in [0.2, 0.25) is 0 Å². The van der Waals surface area contributed by atoms with Crippen molar-refractivity contribution in [3.8, 4) is 5.75 Å². The van der Waals surface area contributed by atoms with Crippen molar-refractivity contribution in [1.82, 2.24) is 10.2 Å². The van der Waals surface area contributed by atoms with Crippen LogP contribution in [-0.4, -0.2) is 69.5 Å². The Morgan fingerprint density at radius 2 is 1.91 bits per heavy atom. The highest BCUT2D eigenvalue weighted by Crippen LogP contribution is 2.27. The van der Waals surface area contributed by atoms with Gasteiger partial charge < -0.3 is 30.7 Å². The molecule has 5 N–H and O–H groups in total. The molecule has 2 aromatic rings. The lowest BCUT2D eigenvalue weighted by molar-refractivity contribution is -0.137. The van der Waals surface area contributed by atoms with Crippen molar-refractivity contribution in [2.45, 2.75) is 31.2 Å². The molecule has 2 aromatic carbocycles. The molecular weight excluding hydrogens is 564 g/mol. The second-order valence-corrected chi connectivity index (χ2v) is 8.85. The highest BCUT2D eigenvalue weighted by Gasteiger charge is 2.47. The van der Waals surface area contributed by atoms with Gasteiger partial charge in [-0.3, -0.25) is 9.59 Å². The number of halogens is 2. The van der Waals surface area contributed by atoms with Crippen LogP contribution in [0.4, 0.5) is 14.9 Å². The van der Waals surface area contributed by atoms with E-state index in [0.29, 0.717) is 19.8 Å². The first kappa shape index (κ1) is 25.8. The van der Waals surface area contributed by atoms with E-state index in [1.807, 2.05) is 22.6 Å². The molecule has 1 saturated heterocycles. The molecular formula is C22H23FIN3O7. The number of hydrogen-bond donors (Lipinski definition) is 5. The summed E-state index contributed by atoms with van der Waals surface area (Å²) >= 11 is 1.91. The van der Waals surface area contributed by atoms with Crippen molar-refractivity contribution in [2.24, 2.45) is 0 Å². The Hall–Kier alpha value is -2.81. The number of benzene rings is 2. The molecule has 0 aliphatic carbocycles. The van der Waals surface area contributed by atoms with Crippen LogP contribution in [0, 0.1) is 9.39 Å². The predicted molar refractivity (Wildman–Crippen MR) is 126 cm³/mol. The Kier molecular flexibility index (Phi) is 8.41. The number of hydrogen-bond acceptors (Lipinski definition) is 7. The topological polar surface area (TPSA) is 148 Å². The molecule has 1 aliphatic rings. The van der Waals surface area contributed by atoms with E-state index in [2.05, 4.69) is 10.6 Å². The number of ether oxygens (including phenoxy) is 1. The van der Waals surface area contributed by atoms with Crippen LogP contribution in [0.3, 0.4) is 0 Å². The molecule has 0 bridgehead atoms. The number of carbonyl (C=O) groups is 3. The minimum Gasteiger partial charge on any atom is -0.491 e. The maximum atomic E-state index is 14.2. The molecule has 0 saturated carbocycles. The van der Waals surface area contributed by atoms with Crippen LogP contribution < -0.4 is 15.4 Å². The fraction of sp³-hybridized carbons (Fsp3) is 0.318. The molecule has 182 valence electrons. The van der Waals surface area contributed by atoms with E-state index in [0.717, 1.165) is 0 Å². The van der Waals surface area contributed by atoms with Crippen molar-refractivity contribution in [1.29, 1.82) is 0 Å². The lowest BCUT2D eigenvalue weighted by Crippen LogP contribution is -2.53. The molecule has 34 heavy (non-hydrogen) atoms. The lowest BCUT2D eigenvalue weighted by Gasteiger charge is -2.26. The van der Waals surface area contributed by atoms with Gasteiger partial charge in [0.15, 0.2) is 0 Å². The maximum absolute atomic E-state index is 14.2. The molecule has 12 heteroatoms. The van der Waals surface area contributed by atoms with Crippen molar-refractivity contribution in [3.63, 3.8) is 0 Å². The molecule has 10 nitrogen and oxygen atoms in total. The smallest absolute Gasteiger partial charge is 0.325 e. The number of imide groups is 1. The van der Waals surface area contributed by atoms with E-state index in [-0.39, 0.29) is 12.3 Å². The minimum absolute atomic E-state index is 0.130. The molecule has 1 fully saturated rings. The van der Waals surface area contributed by atoms with Gasteiger partial charge in [0.1, 0.15) is 36.4 Å². The van der Waals surface area contributed by atoms with Crippen molar-refractivity contribution in [3.05, 3.63) is 57.4 Å². The summed E-state index contributed by atoms with van der Waals surface area (Å²) in [6.07, 6.45) is -2.48. The molecule has 0 spiro atoms. The quantitative estimate of drug-likeness (QED) is 0.218. The van der Waals surface area contributed by atoms with Gasteiger partial charge in [0.25, 0.3) is 11.8 Å². The lowest BCUT2D eigenvalue weighted by atomic mass is 10.1. The van der Waals surface area contributed by atoms with Gasteiger partial charge in [-0.15, -0.1) is 0 Å². The van der Waals surface area contributed by atoms with Crippen LogP contribution in [0.5, 0.6) is 5.75 Å². The molecule has 1 heterocycles. The van der Waals surface area contributed by atoms with Crippen molar-refractivity contribution >= 4 is 46.1 Å². The van der Waals surface area contributed by atoms with Crippen LogP contribution in [-0.2, 0) is 9.59 Å². The minimum atomic E-state index is -1.60. The number of nitrogens with one attached hydrogen (secondary N) is 2. The number of nitrogens with zero attached hydrogens (tertiary/aromatic N) is 1. The van der Waals surface area contributed by atoms with E-state index < -0.39 is 54.6 Å². The third kappa shape index (κ3) is 5.81. The van der Waals surface area contributed by atoms with Crippen molar-refractivity contribution in [2.75, 3.05) is 18.5 Å². The van der Waals surface area contributed by atoms with Gasteiger partial charge in [0, 0.05) is 3.57 Å². The number of rotatable bonds is 9. The summed E-state index contributed by atoms with van der Waals surface area (Å²) < 4.78 is 20.1. The Balaban J connectivity index is 1.76. The molecule has 4 atom stereocenters. The average Bonchev–Trinajstić information content (AvgIpc) is 3.08. The molecule has 4 amide bonds. The Morgan fingerprint density at radius 1 is 1.24 bits per heavy atom. The molecule has 0 aromatic heterocycles. The van der Waals surface area contributed by atoms with Gasteiger partial charge >= 0.3 is 6.03 Å². The summed E-state index contributed by atoms with van der Waals surface area (Å²) in [6.45, 7) is 0.662. The summed E-state index contributed by atoms with van der Waals surface area (Å²) in [5, 5.41) is 33.2. The van der Waals surface area contributed by atoms with Crippen LogP contribution in [0.15, 0.2) is 42.5 Å². The van der Waals surface area contributed by atoms with Crippen LogP contribution >= 0.6 is 22.6 Å². The zero-order valence-electron chi connectivity index (χ0n) is 17.9. The van der Waals surface area contributed by atoms with Gasteiger partial charge in [0.05, 0.1) is 18.4 Å². The highest BCUT2D eigenvalue weighted by molar-refractivity contribution is 14.1. The number of aliphatic hydroxyl groups excluding tert-OH is 3. The van der Waals surface area contributed by atoms with Gasteiger partial charge in [-0.25, -0.2) is 14.1 Å². The standard InChI is InChI=1S/C22H23FIN3O7/c1-11(29)19(20(31)25-17-7-4-13(24)8-16(17)23)27-21(32)18(26-22(27)33)12-2-5-15(6-3-12)34-10-14(30)9-28/h2-8,11,14,18-19,28-30H,9-10H2,1H3,(H,25,31)(H,26,33)/t11-,14-,18-,19+/m1/s1. The average molecular weight is 587 g/mol. The normalized spacial score (nSPS) is 18.3. The molecule has 3 rings (SSSR count). The number of aliphatic hydroxyl groups is 3. The van der Waals surface area contributed by atoms with Crippen LogP contribution in [0.25, 0.3) is 0 Å². The van der Waals surface area contributed by atoms with Crippen molar-refractivity contribution < 1.29 is 38.8 Å². The first-order valence-corrected chi connectivity index (χ1v) is 11.3. The Labute approximate surface area is 207 Å². The number of amides is 4. The first-order chi connectivity index (χ1) is 16.1. The third-order valence-corrected chi connectivity index (χ3v) is 5.70. The van der Waals surface area contributed by atoms with E-state index in [1.54, 1.807) is 6.07 Å². The number of urea groups is 1. The zero-order chi connectivity index (χ0) is 25.0. The molecule has 0 unspecified atom stereocenters. The predicted octanol–water partition coefficient (Wildman–Crippen LogP) is 1.14. The zero-order valence-corrected chi connectivity index (χ0v) is 20.1. The van der Waals surface area contributed by atoms with Gasteiger partial charge in [-0.2, -0.15) is 0 Å². The first-order valence-electron chi connectivity index (χ1n) is 10.2. The second kappa shape index (κ2) is 11.1. The largest absolute Gasteiger partial charge is 0.491 e. The highest BCUT2D eigenvalue weighted by atomic mass is 127. The Morgan fingerprint density at radius 3 is 2.50 bits per heavy atom. The summed E-state index contributed by atoms with van der Waals surface area (Å²) in [4.78, 5) is 39.1. The summed E-state index contributed by atoms with van der Waals surface area (Å²) in [5.74, 6) is -2.02. The summed E-state index contributed by atoms with van der Waals surface area (Å²) in [5.41, 5.74) is 0.242. The van der Waals surface area contributed by atoms with Gasteiger partial charge in [-0.05, 0) is 65.4 Å². The van der Waals surface area contributed by atoms with Gasteiger partial charge in [-0.1, -0.05) is 12.1 Å². The van der Waals surface area contributed by atoms with E-state index in [1.165, 1.54) is 43.3 Å². The monoisotopic (exact) mass is 587 g/mol. The van der Waals surface area contributed by atoms with Crippen LogP contribution in [0.1, 0.15) is 18.5 Å². The van der Waals surface area contributed by atoms with E-state index in [9.17, 15) is 29.0 Å². The number of carbonyl (C=O) groups excluding carboxylic acids is 3. The second-order valence-electron chi connectivity index (χ2n) is 7.61. The fourth-order valence-electron chi connectivity index (χ4n) is 3.33. The molecule has 1 aliphatic heterocycles. The third-order valence-electron chi connectivity index (χ3n) is 5.03. The fourth-order valence-corrected chi connectivity index (χ4v) is 3.79. The SMILES string of the molecule is C[C@@H](O)[C@@H](C(=O)Nc1ccc(I)cc1F)N1C(=O)N[C@H](c2ccc(OC[C@H](O)CO)cc2)C1=O. The molecule has 0 radical (unpaired) electrons. The number of anilines is 1. The van der Waals surface area contributed by atoms with Crippen LogP contribution in [0.2, 0.25) is 0 Å². The van der Waals surface area contributed by atoms with E-state index in [4.69, 9.17) is 9.84 Å². The Bertz CT molecular complexity index is 1070. The summed E-state index contributed by atoms with van der Waals surface area (Å²) in [7, 11) is 0. The maximum Gasteiger partial charge on any atom is 0.325 e. The summed E-state index contributed by atoms with van der Waals surface area (Å²) in [6, 6.07) is 6.58.